The Balaban J connectivity index is 2.07. The van der Waals surface area contributed by atoms with E-state index in [1.54, 1.807) is 13.3 Å². The highest BCUT2D eigenvalue weighted by Gasteiger charge is 2.32. The molecule has 27 heavy (non-hydrogen) atoms. The number of nitrogens with zero attached hydrogens (tertiary/aromatic N) is 2. The Morgan fingerprint density at radius 2 is 1.96 bits per heavy atom. The second-order valence-electron chi connectivity index (χ2n) is 7.26. The molecule has 0 saturated carbocycles. The summed E-state index contributed by atoms with van der Waals surface area (Å²) in [6.45, 7) is 0.521. The highest BCUT2D eigenvalue weighted by molar-refractivity contribution is 9.11. The number of nitrogens with one attached hydrogen (secondary N) is 2. The number of quaternary nitrogens is 1. The zero-order valence-corrected chi connectivity index (χ0v) is 19.1. The number of nitrogens with two attached hydrogens (primary N) is 1. The Bertz CT molecular complexity index is 778. The van der Waals surface area contributed by atoms with Gasteiger partial charge >= 0.3 is 0 Å². The average Bonchev–Trinajstić information content (AvgIpc) is 2.96. The SMILES string of the molecule is COc1c(Br)cc(C[C@@H](C(=O)NCCc2cnc(N)[nH]2)[N+](C)(C)C)cc1Br. The van der Waals surface area contributed by atoms with Crippen molar-refractivity contribution in [3.05, 3.63) is 38.5 Å². The molecular formula is C18H26Br2N5O2+. The summed E-state index contributed by atoms with van der Waals surface area (Å²) in [6.07, 6.45) is 2.94. The van der Waals surface area contributed by atoms with Gasteiger partial charge in [-0.25, -0.2) is 4.98 Å². The number of methoxy groups -OCH3 is 1. The summed E-state index contributed by atoms with van der Waals surface area (Å²) in [7, 11) is 7.69. The van der Waals surface area contributed by atoms with E-state index in [4.69, 9.17) is 10.5 Å². The van der Waals surface area contributed by atoms with Gasteiger partial charge in [-0.2, -0.15) is 0 Å². The minimum Gasteiger partial charge on any atom is -0.494 e. The number of aromatic amines is 1. The quantitative estimate of drug-likeness (QED) is 0.482. The van der Waals surface area contributed by atoms with Crippen LogP contribution in [-0.4, -0.2) is 61.2 Å². The first kappa shape index (κ1) is 21.7. The fraction of sp³-hybridized carbons (Fsp3) is 0.444. The van der Waals surface area contributed by atoms with Crippen LogP contribution in [0.15, 0.2) is 27.3 Å². The van der Waals surface area contributed by atoms with Crippen molar-refractivity contribution < 1.29 is 14.0 Å². The number of hydrogen-bond acceptors (Lipinski definition) is 4. The number of likely N-dealkylation sites (N-methyl/N-ethyl adjacent to an activating group) is 1. The van der Waals surface area contributed by atoms with Gasteiger partial charge in [-0.1, -0.05) is 0 Å². The van der Waals surface area contributed by atoms with Crippen molar-refractivity contribution in [2.75, 3.05) is 40.5 Å². The molecule has 0 unspecified atom stereocenters. The third-order valence-corrected chi connectivity index (χ3v) is 5.45. The van der Waals surface area contributed by atoms with Gasteiger partial charge in [0.05, 0.1) is 43.4 Å². The molecule has 0 fully saturated rings. The van der Waals surface area contributed by atoms with Crippen LogP contribution in [-0.2, 0) is 17.6 Å². The van der Waals surface area contributed by atoms with Crippen molar-refractivity contribution >= 4 is 43.7 Å². The van der Waals surface area contributed by atoms with E-state index in [0.717, 1.165) is 26.0 Å². The van der Waals surface area contributed by atoms with Crippen LogP contribution in [0.4, 0.5) is 5.95 Å². The summed E-state index contributed by atoms with van der Waals surface area (Å²) in [5, 5.41) is 3.03. The standard InChI is InChI=1S/C18H25Br2N5O2/c1-25(2,3)15(9-11-7-13(19)16(27-4)14(20)8-11)17(26)22-6-5-12-10-23-18(21)24-12/h7-8,10,15H,5-6,9H2,1-4H3,(H3-,21,22,23,24,26)/p+1/t15-/m0/s1. The lowest BCUT2D eigenvalue weighted by Gasteiger charge is -2.33. The molecular weight excluding hydrogens is 478 g/mol. The summed E-state index contributed by atoms with van der Waals surface area (Å²) < 4.78 is 7.58. The number of anilines is 1. The normalized spacial score (nSPS) is 12.7. The van der Waals surface area contributed by atoms with E-state index in [-0.39, 0.29) is 11.9 Å². The minimum absolute atomic E-state index is 0.0121. The van der Waals surface area contributed by atoms with Gasteiger partial charge in [-0.3, -0.25) is 4.79 Å². The van der Waals surface area contributed by atoms with Crippen molar-refractivity contribution in [1.29, 1.82) is 0 Å². The van der Waals surface area contributed by atoms with E-state index in [9.17, 15) is 4.79 Å². The maximum absolute atomic E-state index is 12.9. The Hall–Kier alpha value is -1.58. The Kier molecular flexibility index (Phi) is 7.30. The molecule has 4 N–H and O–H groups in total. The lowest BCUT2D eigenvalue weighted by atomic mass is 10.0. The third-order valence-electron chi connectivity index (χ3n) is 4.27. The lowest BCUT2D eigenvalue weighted by Crippen LogP contribution is -2.55. The molecule has 2 aromatic rings. The van der Waals surface area contributed by atoms with Gasteiger partial charge in [0.1, 0.15) is 5.75 Å². The van der Waals surface area contributed by atoms with Crippen LogP contribution in [0.2, 0.25) is 0 Å². The minimum atomic E-state index is -0.232. The van der Waals surface area contributed by atoms with E-state index >= 15 is 0 Å². The van der Waals surface area contributed by atoms with Crippen molar-refractivity contribution in [2.45, 2.75) is 18.9 Å². The number of benzene rings is 1. The predicted octanol–water partition coefficient (Wildman–Crippen LogP) is 2.50. The second kappa shape index (κ2) is 9.07. The predicted molar refractivity (Wildman–Crippen MR) is 114 cm³/mol. The molecule has 2 rings (SSSR count). The Labute approximate surface area is 176 Å². The summed E-state index contributed by atoms with van der Waals surface area (Å²) in [4.78, 5) is 19.8. The van der Waals surface area contributed by atoms with Gasteiger partial charge in [0, 0.05) is 25.1 Å². The van der Waals surface area contributed by atoms with Crippen LogP contribution in [0.3, 0.4) is 0 Å². The first-order valence-corrected chi connectivity index (χ1v) is 10.1. The molecule has 9 heteroatoms. The van der Waals surface area contributed by atoms with Gasteiger partial charge in [0.2, 0.25) is 0 Å². The molecule has 0 aliphatic heterocycles. The third kappa shape index (κ3) is 5.95. The van der Waals surface area contributed by atoms with Gasteiger partial charge in [0.15, 0.2) is 12.0 Å². The molecule has 0 saturated heterocycles. The largest absolute Gasteiger partial charge is 0.494 e. The maximum atomic E-state index is 12.9. The van der Waals surface area contributed by atoms with E-state index in [0.29, 0.717) is 29.8 Å². The van der Waals surface area contributed by atoms with Crippen LogP contribution in [0.25, 0.3) is 0 Å². The van der Waals surface area contributed by atoms with Gasteiger partial charge < -0.3 is 25.3 Å². The molecule has 1 amide bonds. The summed E-state index contributed by atoms with van der Waals surface area (Å²) in [6, 6.07) is 3.75. The molecule has 0 spiro atoms. The van der Waals surface area contributed by atoms with Crippen molar-refractivity contribution in [3.63, 3.8) is 0 Å². The highest BCUT2D eigenvalue weighted by Crippen LogP contribution is 2.35. The highest BCUT2D eigenvalue weighted by atomic mass is 79.9. The zero-order chi connectivity index (χ0) is 20.2. The number of rotatable bonds is 8. The Morgan fingerprint density at radius 1 is 1.33 bits per heavy atom. The fourth-order valence-corrected chi connectivity index (χ4v) is 4.41. The topological polar surface area (TPSA) is 93.0 Å². The Morgan fingerprint density at radius 3 is 2.44 bits per heavy atom. The molecule has 1 aromatic heterocycles. The van der Waals surface area contributed by atoms with Crippen molar-refractivity contribution in [3.8, 4) is 5.75 Å². The number of imidazole rings is 1. The number of nitrogen functional groups attached to an aromatic ring is 1. The van der Waals surface area contributed by atoms with Gasteiger partial charge in [-0.05, 0) is 49.6 Å². The molecule has 0 radical (unpaired) electrons. The van der Waals surface area contributed by atoms with Crippen LogP contribution >= 0.6 is 31.9 Å². The number of hydrogen-bond donors (Lipinski definition) is 3. The monoisotopic (exact) mass is 502 g/mol. The van der Waals surface area contributed by atoms with E-state index in [2.05, 4.69) is 47.1 Å². The molecule has 1 atom stereocenters. The second-order valence-corrected chi connectivity index (χ2v) is 8.97. The summed E-state index contributed by atoms with van der Waals surface area (Å²) >= 11 is 7.05. The molecule has 1 aromatic carbocycles. The molecule has 0 bridgehead atoms. The number of ether oxygens (including phenoxy) is 1. The van der Waals surface area contributed by atoms with E-state index in [1.807, 2.05) is 33.3 Å². The van der Waals surface area contributed by atoms with Crippen LogP contribution in [0.5, 0.6) is 5.75 Å². The lowest BCUT2D eigenvalue weighted by molar-refractivity contribution is -0.886. The molecule has 148 valence electrons. The number of carbonyl (C=O) groups is 1. The fourth-order valence-electron chi connectivity index (χ4n) is 2.81. The number of halogens is 2. The number of aromatic nitrogens is 2. The average molecular weight is 504 g/mol. The molecule has 0 aliphatic rings. The summed E-state index contributed by atoms with van der Waals surface area (Å²) in [5.74, 6) is 1.14. The molecule has 1 heterocycles. The van der Waals surface area contributed by atoms with Crippen molar-refractivity contribution in [1.82, 2.24) is 15.3 Å². The number of amides is 1. The van der Waals surface area contributed by atoms with E-state index < -0.39 is 0 Å². The van der Waals surface area contributed by atoms with E-state index in [1.165, 1.54) is 0 Å². The van der Waals surface area contributed by atoms with Crippen molar-refractivity contribution in [2.24, 2.45) is 0 Å². The summed E-state index contributed by atoms with van der Waals surface area (Å²) in [5.41, 5.74) is 7.52. The first-order chi connectivity index (χ1) is 12.6. The van der Waals surface area contributed by atoms with Gasteiger partial charge in [0.25, 0.3) is 5.91 Å². The van der Waals surface area contributed by atoms with Crippen LogP contribution in [0, 0.1) is 0 Å². The molecule has 7 nitrogen and oxygen atoms in total. The molecule has 0 aliphatic carbocycles. The maximum Gasteiger partial charge on any atom is 0.278 e. The smallest absolute Gasteiger partial charge is 0.278 e. The number of H-pyrrole nitrogens is 1. The van der Waals surface area contributed by atoms with Crippen LogP contribution in [0.1, 0.15) is 11.3 Å². The first-order valence-electron chi connectivity index (χ1n) is 8.52. The van der Waals surface area contributed by atoms with Crippen LogP contribution < -0.4 is 15.8 Å². The number of carbonyl (C=O) groups excluding carboxylic acids is 1. The zero-order valence-electron chi connectivity index (χ0n) is 16.0. The van der Waals surface area contributed by atoms with Gasteiger partial charge in [-0.15, -0.1) is 0 Å².